The van der Waals surface area contributed by atoms with Crippen molar-refractivity contribution in [3.05, 3.63) is 33.7 Å². The highest BCUT2D eigenvalue weighted by Crippen LogP contribution is 2.39. The summed E-state index contributed by atoms with van der Waals surface area (Å²) in [5.74, 6) is 0.422. The van der Waals surface area contributed by atoms with Gasteiger partial charge in [-0.25, -0.2) is 0 Å². The molecule has 1 aromatic heterocycles. The van der Waals surface area contributed by atoms with Gasteiger partial charge in [-0.1, -0.05) is 13.8 Å². The lowest BCUT2D eigenvalue weighted by Crippen LogP contribution is -2.50. The molecule has 1 aromatic rings. The number of amides is 1. The number of carbonyl (C=O) groups excluding carboxylic acids is 1. The van der Waals surface area contributed by atoms with Crippen LogP contribution >= 0.6 is 0 Å². The van der Waals surface area contributed by atoms with Crippen molar-refractivity contribution in [1.82, 2.24) is 10.3 Å². The van der Waals surface area contributed by atoms with Crippen molar-refractivity contribution in [1.29, 1.82) is 0 Å². The van der Waals surface area contributed by atoms with Gasteiger partial charge in [0.15, 0.2) is 0 Å². The first-order valence-electron chi connectivity index (χ1n) is 7.50. The number of hydrogen-bond acceptors (Lipinski definition) is 3. The molecule has 2 rings (SSSR count). The van der Waals surface area contributed by atoms with Crippen LogP contribution in [0.25, 0.3) is 0 Å². The maximum Gasteiger partial charge on any atom is 0.252 e. The molecule has 0 aliphatic heterocycles. The number of H-pyrrole nitrogens is 1. The lowest BCUT2D eigenvalue weighted by Gasteiger charge is -2.28. The van der Waals surface area contributed by atoms with Gasteiger partial charge in [0.25, 0.3) is 5.91 Å². The van der Waals surface area contributed by atoms with Gasteiger partial charge in [-0.05, 0) is 44.1 Å². The monoisotopic (exact) mass is 292 g/mol. The van der Waals surface area contributed by atoms with Crippen molar-refractivity contribution in [3.63, 3.8) is 0 Å². The Hall–Kier alpha value is -1.62. The molecule has 0 aromatic carbocycles. The molecule has 1 saturated carbocycles. The molecule has 1 heterocycles. The number of hydrogen-bond donors (Lipinski definition) is 3. The minimum absolute atomic E-state index is 0.0918. The van der Waals surface area contributed by atoms with E-state index in [4.69, 9.17) is 0 Å². The predicted octanol–water partition coefficient (Wildman–Crippen LogP) is 1.46. The van der Waals surface area contributed by atoms with Crippen molar-refractivity contribution >= 4 is 5.91 Å². The van der Waals surface area contributed by atoms with Crippen LogP contribution in [0.5, 0.6) is 0 Å². The van der Waals surface area contributed by atoms with Gasteiger partial charge in [0.1, 0.15) is 0 Å². The molecule has 116 valence electrons. The van der Waals surface area contributed by atoms with E-state index < -0.39 is 5.54 Å². The third-order valence-corrected chi connectivity index (χ3v) is 4.00. The zero-order valence-electron chi connectivity index (χ0n) is 12.9. The van der Waals surface area contributed by atoms with E-state index in [1.807, 2.05) is 6.92 Å². The average molecular weight is 292 g/mol. The first-order valence-corrected chi connectivity index (χ1v) is 7.50. The van der Waals surface area contributed by atoms with Crippen molar-refractivity contribution in [3.8, 4) is 0 Å². The van der Waals surface area contributed by atoms with Gasteiger partial charge in [0.2, 0.25) is 5.56 Å². The normalized spacial score (nSPS) is 17.6. The minimum Gasteiger partial charge on any atom is -0.394 e. The van der Waals surface area contributed by atoms with Gasteiger partial charge in [0, 0.05) is 17.3 Å². The summed E-state index contributed by atoms with van der Waals surface area (Å²) in [7, 11) is 0. The molecule has 0 spiro atoms. The quantitative estimate of drug-likeness (QED) is 0.742. The zero-order chi connectivity index (χ0) is 15.6. The van der Waals surface area contributed by atoms with Crippen molar-refractivity contribution in [2.45, 2.75) is 45.6 Å². The molecule has 1 amide bonds. The maximum absolute atomic E-state index is 12.4. The molecule has 1 atom stereocenters. The second-order valence-electron chi connectivity index (χ2n) is 6.66. The van der Waals surface area contributed by atoms with Crippen LogP contribution < -0.4 is 10.9 Å². The molecule has 5 nitrogen and oxygen atoms in total. The van der Waals surface area contributed by atoms with Crippen LogP contribution in [-0.2, 0) is 6.42 Å². The lowest BCUT2D eigenvalue weighted by molar-refractivity contribution is 0.0824. The number of aromatic amines is 1. The first kappa shape index (κ1) is 15.8. The van der Waals surface area contributed by atoms with E-state index in [9.17, 15) is 14.7 Å². The molecule has 0 saturated heterocycles. The number of pyridine rings is 1. The fourth-order valence-corrected chi connectivity index (χ4v) is 2.60. The average Bonchev–Trinajstić information content (AvgIpc) is 3.21. The third kappa shape index (κ3) is 3.94. The van der Waals surface area contributed by atoms with Crippen LogP contribution in [0, 0.1) is 11.8 Å². The summed E-state index contributed by atoms with van der Waals surface area (Å²) < 4.78 is 0. The van der Waals surface area contributed by atoms with Gasteiger partial charge >= 0.3 is 0 Å². The molecule has 0 bridgehead atoms. The van der Waals surface area contributed by atoms with Crippen LogP contribution in [0.15, 0.2) is 16.9 Å². The minimum atomic E-state index is -0.599. The molecule has 1 unspecified atom stereocenters. The fraction of sp³-hybridized carbons (Fsp3) is 0.625. The van der Waals surface area contributed by atoms with Crippen LogP contribution in [0.3, 0.4) is 0 Å². The zero-order valence-corrected chi connectivity index (χ0v) is 12.9. The number of nitrogens with one attached hydrogen (secondary N) is 2. The summed E-state index contributed by atoms with van der Waals surface area (Å²) in [6, 6.07) is 3.03. The summed E-state index contributed by atoms with van der Waals surface area (Å²) in [6.07, 6.45) is 2.76. The smallest absolute Gasteiger partial charge is 0.252 e. The summed E-state index contributed by atoms with van der Waals surface area (Å²) in [4.78, 5) is 26.8. The molecule has 1 fully saturated rings. The SMILES string of the molecule is CC(C)Cc1cc(C(=O)NC(C)(CO)C2CC2)cc(=O)[nH]1. The third-order valence-electron chi connectivity index (χ3n) is 4.00. The Morgan fingerprint density at radius 3 is 2.67 bits per heavy atom. The summed E-state index contributed by atoms with van der Waals surface area (Å²) in [5, 5.41) is 12.4. The number of carbonyl (C=O) groups is 1. The van der Waals surface area contributed by atoms with Crippen molar-refractivity contribution in [2.75, 3.05) is 6.61 Å². The molecular weight excluding hydrogens is 268 g/mol. The van der Waals surface area contributed by atoms with E-state index in [-0.39, 0.29) is 18.1 Å². The van der Waals surface area contributed by atoms with E-state index in [1.165, 1.54) is 6.07 Å². The Morgan fingerprint density at radius 2 is 2.14 bits per heavy atom. The van der Waals surface area contributed by atoms with E-state index in [2.05, 4.69) is 24.1 Å². The number of rotatable bonds is 6. The van der Waals surface area contributed by atoms with Crippen molar-refractivity contribution < 1.29 is 9.90 Å². The highest BCUT2D eigenvalue weighted by atomic mass is 16.3. The summed E-state index contributed by atoms with van der Waals surface area (Å²) in [6.45, 7) is 5.87. The maximum atomic E-state index is 12.4. The number of aromatic nitrogens is 1. The first-order chi connectivity index (χ1) is 9.84. The number of aliphatic hydroxyl groups is 1. The van der Waals surface area contributed by atoms with E-state index in [0.29, 0.717) is 17.4 Å². The molecule has 0 radical (unpaired) electrons. The Balaban J connectivity index is 2.18. The van der Waals surface area contributed by atoms with Crippen LogP contribution in [-0.4, -0.2) is 28.1 Å². The summed E-state index contributed by atoms with van der Waals surface area (Å²) >= 11 is 0. The van der Waals surface area contributed by atoms with Gasteiger partial charge in [-0.2, -0.15) is 0 Å². The lowest BCUT2D eigenvalue weighted by atomic mass is 9.96. The molecular formula is C16H24N2O3. The van der Waals surface area contributed by atoms with Gasteiger partial charge < -0.3 is 15.4 Å². The number of aliphatic hydroxyl groups excluding tert-OH is 1. The Morgan fingerprint density at radius 1 is 1.48 bits per heavy atom. The Labute approximate surface area is 124 Å². The second-order valence-corrected chi connectivity index (χ2v) is 6.66. The van der Waals surface area contributed by atoms with Gasteiger partial charge in [-0.3, -0.25) is 9.59 Å². The van der Waals surface area contributed by atoms with E-state index in [1.54, 1.807) is 6.07 Å². The Kier molecular flexibility index (Phi) is 4.52. The van der Waals surface area contributed by atoms with Crippen LogP contribution in [0.4, 0.5) is 0 Å². The standard InChI is InChI=1S/C16H24N2O3/c1-10(2)6-13-7-11(8-14(20)17-13)15(21)18-16(3,9-19)12-4-5-12/h7-8,10,12,19H,4-6,9H2,1-3H3,(H,17,20)(H,18,21). The van der Waals surface area contributed by atoms with Gasteiger partial charge in [0.05, 0.1) is 12.1 Å². The van der Waals surface area contributed by atoms with E-state index in [0.717, 1.165) is 25.0 Å². The van der Waals surface area contributed by atoms with Crippen LogP contribution in [0.1, 0.15) is 49.7 Å². The predicted molar refractivity (Wildman–Crippen MR) is 81.3 cm³/mol. The Bertz CT molecular complexity index is 575. The summed E-state index contributed by atoms with van der Waals surface area (Å²) in [5.41, 5.74) is 0.252. The molecule has 21 heavy (non-hydrogen) atoms. The van der Waals surface area contributed by atoms with Crippen molar-refractivity contribution in [2.24, 2.45) is 11.8 Å². The van der Waals surface area contributed by atoms with Crippen LogP contribution in [0.2, 0.25) is 0 Å². The van der Waals surface area contributed by atoms with E-state index >= 15 is 0 Å². The molecule has 5 heteroatoms. The molecule has 1 aliphatic rings. The molecule has 3 N–H and O–H groups in total. The largest absolute Gasteiger partial charge is 0.394 e. The highest BCUT2D eigenvalue weighted by molar-refractivity contribution is 5.94. The topological polar surface area (TPSA) is 82.2 Å². The van der Waals surface area contributed by atoms with Gasteiger partial charge in [-0.15, -0.1) is 0 Å². The fourth-order valence-electron chi connectivity index (χ4n) is 2.60. The molecule has 1 aliphatic carbocycles. The highest BCUT2D eigenvalue weighted by Gasteiger charge is 2.42. The second kappa shape index (κ2) is 6.02.